The van der Waals surface area contributed by atoms with E-state index in [0.717, 1.165) is 34.2 Å². The Kier molecular flexibility index (Phi) is 2.91. The van der Waals surface area contributed by atoms with Gasteiger partial charge < -0.3 is 4.74 Å². The van der Waals surface area contributed by atoms with Crippen LogP contribution in [0.25, 0.3) is 10.8 Å². The number of carbonyl (C=O) groups excluding carboxylic acids is 2. The van der Waals surface area contributed by atoms with Gasteiger partial charge in [0.15, 0.2) is 0 Å². The lowest BCUT2D eigenvalue weighted by Crippen LogP contribution is -2.20. The molecule has 0 unspecified atom stereocenters. The Bertz CT molecular complexity index is 945. The molecule has 4 heteroatoms. The Labute approximate surface area is 132 Å². The van der Waals surface area contributed by atoms with Crippen LogP contribution in [0.1, 0.15) is 20.7 Å². The van der Waals surface area contributed by atoms with Gasteiger partial charge in [0.05, 0.1) is 18.4 Å². The number of hydrogen-bond donors (Lipinski definition) is 0. The van der Waals surface area contributed by atoms with Crippen molar-refractivity contribution < 1.29 is 14.3 Å². The lowest BCUT2D eigenvalue weighted by Gasteiger charge is -2.18. The summed E-state index contributed by atoms with van der Waals surface area (Å²) in [6.07, 6.45) is 0.803. The molecule has 0 saturated heterocycles. The normalized spacial score (nSPS) is 12.7. The van der Waals surface area contributed by atoms with Crippen molar-refractivity contribution in [3.63, 3.8) is 0 Å². The van der Waals surface area contributed by atoms with E-state index >= 15 is 0 Å². The zero-order chi connectivity index (χ0) is 16.0. The molecule has 1 aliphatic heterocycles. The molecule has 0 aliphatic carbocycles. The molecule has 0 radical (unpaired) electrons. The van der Waals surface area contributed by atoms with Crippen molar-refractivity contribution in [3.05, 3.63) is 65.7 Å². The fourth-order valence-electron chi connectivity index (χ4n) is 3.07. The average molecular weight is 303 g/mol. The third kappa shape index (κ3) is 1.92. The first-order valence-electron chi connectivity index (χ1n) is 7.23. The van der Waals surface area contributed by atoms with Crippen LogP contribution >= 0.6 is 0 Å². The second-order valence-electron chi connectivity index (χ2n) is 5.40. The molecule has 112 valence electrons. The monoisotopic (exact) mass is 303 g/mol. The molecule has 4 nitrogen and oxygen atoms in total. The van der Waals surface area contributed by atoms with Gasteiger partial charge in [-0.05, 0) is 47.9 Å². The van der Waals surface area contributed by atoms with Crippen LogP contribution in [-0.2, 0) is 0 Å². The average Bonchev–Trinajstić information content (AvgIpc) is 2.89. The number of hydrogen-bond acceptors (Lipinski definition) is 3. The molecule has 0 bridgehead atoms. The highest BCUT2D eigenvalue weighted by molar-refractivity contribution is 6.28. The number of nitrogens with zero attached hydrogens (tertiary/aromatic N) is 1. The summed E-state index contributed by atoms with van der Waals surface area (Å²) < 4.78 is 5.16. The van der Waals surface area contributed by atoms with Gasteiger partial charge in [-0.2, -0.15) is 0 Å². The molecule has 3 aromatic rings. The van der Waals surface area contributed by atoms with Crippen LogP contribution in [-0.4, -0.2) is 19.3 Å². The number of rotatable bonds is 3. The van der Waals surface area contributed by atoms with Crippen LogP contribution in [0.2, 0.25) is 0 Å². The zero-order valence-corrected chi connectivity index (χ0v) is 12.4. The molecule has 1 aliphatic rings. The van der Waals surface area contributed by atoms with Gasteiger partial charge in [0.2, 0.25) is 0 Å². The van der Waals surface area contributed by atoms with Crippen LogP contribution in [0.15, 0.2) is 54.6 Å². The van der Waals surface area contributed by atoms with E-state index in [-0.39, 0.29) is 5.91 Å². The standard InChI is InChI=1S/C19H13NO3/c1-23-15-7-5-14(6-8-15)20-17-10-12(11-21)9-13-3-2-4-16(18(13)17)19(20)22/h2-11H,1H3. The Morgan fingerprint density at radius 1 is 1.04 bits per heavy atom. The van der Waals surface area contributed by atoms with Gasteiger partial charge in [0.1, 0.15) is 12.0 Å². The number of methoxy groups -OCH3 is 1. The highest BCUT2D eigenvalue weighted by Gasteiger charge is 2.31. The summed E-state index contributed by atoms with van der Waals surface area (Å²) in [4.78, 5) is 25.7. The summed E-state index contributed by atoms with van der Waals surface area (Å²) in [5, 5.41) is 1.78. The Hall–Kier alpha value is -3.14. The summed E-state index contributed by atoms with van der Waals surface area (Å²) in [5.74, 6) is 0.642. The second kappa shape index (κ2) is 4.95. The molecule has 3 aromatic carbocycles. The molecule has 0 saturated carbocycles. The maximum Gasteiger partial charge on any atom is 0.263 e. The minimum Gasteiger partial charge on any atom is -0.497 e. The number of ether oxygens (including phenoxy) is 1. The van der Waals surface area contributed by atoms with Crippen LogP contribution in [0.4, 0.5) is 11.4 Å². The summed E-state index contributed by atoms with van der Waals surface area (Å²) >= 11 is 0. The number of aldehydes is 1. The number of amides is 1. The quantitative estimate of drug-likeness (QED) is 0.688. The predicted molar refractivity (Wildman–Crippen MR) is 88.8 cm³/mol. The lowest BCUT2D eigenvalue weighted by molar-refractivity contribution is 0.100. The van der Waals surface area contributed by atoms with Gasteiger partial charge in [-0.25, -0.2) is 0 Å². The first-order chi connectivity index (χ1) is 11.2. The molecule has 23 heavy (non-hydrogen) atoms. The summed E-state index contributed by atoms with van der Waals surface area (Å²) in [5.41, 5.74) is 2.70. The molecule has 1 heterocycles. The van der Waals surface area contributed by atoms with Crippen molar-refractivity contribution in [2.45, 2.75) is 0 Å². The van der Waals surface area contributed by atoms with Crippen LogP contribution < -0.4 is 9.64 Å². The number of carbonyl (C=O) groups is 2. The van der Waals surface area contributed by atoms with Crippen molar-refractivity contribution in [2.24, 2.45) is 0 Å². The molecular weight excluding hydrogens is 290 g/mol. The van der Waals surface area contributed by atoms with E-state index in [1.165, 1.54) is 0 Å². The molecular formula is C19H13NO3. The third-order valence-electron chi connectivity index (χ3n) is 4.12. The van der Waals surface area contributed by atoms with E-state index in [9.17, 15) is 9.59 Å². The van der Waals surface area contributed by atoms with Crippen molar-refractivity contribution in [1.29, 1.82) is 0 Å². The summed E-state index contributed by atoms with van der Waals surface area (Å²) in [6.45, 7) is 0. The fraction of sp³-hybridized carbons (Fsp3) is 0.0526. The van der Waals surface area contributed by atoms with Gasteiger partial charge in [0.25, 0.3) is 5.91 Å². The lowest BCUT2D eigenvalue weighted by atomic mass is 10.0. The van der Waals surface area contributed by atoms with E-state index in [4.69, 9.17) is 4.74 Å². The fourth-order valence-corrected chi connectivity index (χ4v) is 3.07. The molecule has 4 rings (SSSR count). The van der Waals surface area contributed by atoms with E-state index in [1.54, 1.807) is 24.1 Å². The SMILES string of the molecule is COc1ccc(N2C(=O)c3cccc4cc(C=O)cc2c34)cc1. The molecule has 0 fully saturated rings. The Balaban J connectivity index is 1.96. The topological polar surface area (TPSA) is 46.6 Å². The molecule has 1 amide bonds. The minimum atomic E-state index is -0.0844. The summed E-state index contributed by atoms with van der Waals surface area (Å²) in [6, 6.07) is 16.4. The smallest absolute Gasteiger partial charge is 0.263 e. The summed E-state index contributed by atoms with van der Waals surface area (Å²) in [7, 11) is 1.60. The van der Waals surface area contributed by atoms with Gasteiger partial charge in [-0.1, -0.05) is 12.1 Å². The van der Waals surface area contributed by atoms with Gasteiger partial charge in [-0.3, -0.25) is 14.5 Å². The Morgan fingerprint density at radius 2 is 1.83 bits per heavy atom. The molecule has 0 N–H and O–H groups in total. The van der Waals surface area contributed by atoms with E-state index in [2.05, 4.69) is 0 Å². The van der Waals surface area contributed by atoms with Gasteiger partial charge >= 0.3 is 0 Å². The second-order valence-corrected chi connectivity index (χ2v) is 5.40. The minimum absolute atomic E-state index is 0.0844. The van der Waals surface area contributed by atoms with Crippen molar-refractivity contribution in [2.75, 3.05) is 12.0 Å². The first kappa shape index (κ1) is 13.5. The van der Waals surface area contributed by atoms with Crippen molar-refractivity contribution in [3.8, 4) is 5.75 Å². The largest absolute Gasteiger partial charge is 0.497 e. The van der Waals surface area contributed by atoms with Crippen LogP contribution in [0, 0.1) is 0 Å². The molecule has 0 aromatic heterocycles. The Morgan fingerprint density at radius 3 is 2.52 bits per heavy atom. The number of anilines is 2. The predicted octanol–water partition coefficient (Wildman–Crippen LogP) is 3.95. The van der Waals surface area contributed by atoms with Gasteiger partial charge in [-0.15, -0.1) is 0 Å². The van der Waals surface area contributed by atoms with E-state index in [0.29, 0.717) is 11.1 Å². The number of benzene rings is 3. The van der Waals surface area contributed by atoms with Crippen LogP contribution in [0.5, 0.6) is 5.75 Å². The zero-order valence-electron chi connectivity index (χ0n) is 12.4. The molecule has 0 atom stereocenters. The first-order valence-corrected chi connectivity index (χ1v) is 7.23. The van der Waals surface area contributed by atoms with Crippen molar-refractivity contribution >= 4 is 34.3 Å². The third-order valence-corrected chi connectivity index (χ3v) is 4.12. The van der Waals surface area contributed by atoms with E-state index in [1.807, 2.05) is 42.5 Å². The maximum atomic E-state index is 12.8. The maximum absolute atomic E-state index is 12.8. The van der Waals surface area contributed by atoms with Crippen LogP contribution in [0.3, 0.4) is 0 Å². The van der Waals surface area contributed by atoms with E-state index < -0.39 is 0 Å². The highest BCUT2D eigenvalue weighted by Crippen LogP contribution is 2.42. The molecule has 0 spiro atoms. The van der Waals surface area contributed by atoms with Gasteiger partial charge in [0, 0.05) is 16.6 Å². The highest BCUT2D eigenvalue weighted by atomic mass is 16.5. The van der Waals surface area contributed by atoms with Crippen molar-refractivity contribution in [1.82, 2.24) is 0 Å².